The van der Waals surface area contributed by atoms with Gasteiger partial charge in [-0.25, -0.2) is 4.98 Å². The van der Waals surface area contributed by atoms with E-state index >= 15 is 0 Å². The highest BCUT2D eigenvalue weighted by molar-refractivity contribution is 9.10. The molecular weight excluding hydrogens is 488 g/mol. The Hall–Kier alpha value is -2.96. The molecule has 1 amide bonds. The Kier molecular flexibility index (Phi) is 6.53. The first-order valence-corrected chi connectivity index (χ1v) is 12.6. The van der Waals surface area contributed by atoms with Gasteiger partial charge in [0.1, 0.15) is 5.82 Å². The summed E-state index contributed by atoms with van der Waals surface area (Å²) in [4.78, 5) is 20.4. The number of halogens is 1. The third kappa shape index (κ3) is 4.79. The molecule has 0 radical (unpaired) electrons. The zero-order valence-electron chi connectivity index (χ0n) is 19.6. The van der Waals surface area contributed by atoms with Crippen LogP contribution in [0.4, 0.5) is 5.69 Å². The van der Waals surface area contributed by atoms with E-state index in [1.54, 1.807) is 0 Å². The summed E-state index contributed by atoms with van der Waals surface area (Å²) < 4.78 is 3.27. The summed E-state index contributed by atoms with van der Waals surface area (Å²) >= 11 is 3.61. The van der Waals surface area contributed by atoms with Gasteiger partial charge in [0.15, 0.2) is 0 Å². The van der Waals surface area contributed by atoms with E-state index in [1.165, 1.54) is 11.1 Å². The van der Waals surface area contributed by atoms with Crippen LogP contribution in [0.2, 0.25) is 0 Å². The van der Waals surface area contributed by atoms with E-state index < -0.39 is 0 Å². The molecule has 5 nitrogen and oxygen atoms in total. The van der Waals surface area contributed by atoms with Crippen molar-refractivity contribution in [3.63, 3.8) is 0 Å². The van der Waals surface area contributed by atoms with Gasteiger partial charge in [0.05, 0.1) is 23.5 Å². The fraction of sp³-hybridized carbons (Fsp3) is 0.286. The summed E-state index contributed by atoms with van der Waals surface area (Å²) in [6, 6.07) is 22.7. The van der Waals surface area contributed by atoms with Crippen molar-refractivity contribution in [2.75, 3.05) is 18.4 Å². The van der Waals surface area contributed by atoms with Crippen molar-refractivity contribution in [2.45, 2.75) is 33.2 Å². The number of piperidine rings is 1. The maximum Gasteiger partial charge on any atom is 0.228 e. The van der Waals surface area contributed by atoms with Crippen molar-refractivity contribution in [2.24, 2.45) is 5.92 Å². The van der Waals surface area contributed by atoms with Gasteiger partial charge in [-0.3, -0.25) is 14.3 Å². The van der Waals surface area contributed by atoms with Crippen LogP contribution in [0.15, 0.2) is 71.2 Å². The van der Waals surface area contributed by atoms with Crippen LogP contribution in [0.5, 0.6) is 0 Å². The molecule has 1 aliphatic heterocycles. The molecule has 6 heteroatoms. The summed E-state index contributed by atoms with van der Waals surface area (Å²) in [5.74, 6) is 1.07. The molecule has 1 atom stereocenters. The van der Waals surface area contributed by atoms with Gasteiger partial charge in [-0.1, -0.05) is 40.2 Å². The summed E-state index contributed by atoms with van der Waals surface area (Å²) in [5.41, 5.74) is 6.46. The number of nitrogens with one attached hydrogen (secondary N) is 1. The number of fused-ring (bicyclic) bond motifs is 1. The molecule has 0 bridgehead atoms. The summed E-state index contributed by atoms with van der Waals surface area (Å²) in [6.07, 6.45) is 1.91. The second-order valence-corrected chi connectivity index (χ2v) is 10.1. The number of rotatable bonds is 5. The SMILES string of the molecule is Cc1ccc(NC(=O)[C@@H]2CCCN(Cc3nc4ccccc4n3-c3cccc(Br)c3)C2)cc1C. The lowest BCUT2D eigenvalue weighted by Gasteiger charge is -2.31. The van der Waals surface area contributed by atoms with Crippen LogP contribution in [-0.4, -0.2) is 33.4 Å². The number of anilines is 1. The van der Waals surface area contributed by atoms with Gasteiger partial charge >= 0.3 is 0 Å². The molecule has 1 saturated heterocycles. The summed E-state index contributed by atoms with van der Waals surface area (Å²) in [5, 5.41) is 3.14. The first-order chi connectivity index (χ1) is 16.5. The Labute approximate surface area is 208 Å². The molecular formula is C28H29BrN4O. The molecule has 5 rings (SSSR count). The standard InChI is InChI=1S/C28H29BrN4O/c1-19-12-13-23(15-20(19)2)30-28(34)21-7-6-14-32(17-21)18-27-31-25-10-3-4-11-26(25)33(27)24-9-5-8-22(29)16-24/h3-5,8-13,15-16,21H,6-7,14,17-18H2,1-2H3,(H,30,34)/t21-/m1/s1. The average Bonchev–Trinajstić information content (AvgIpc) is 3.19. The lowest BCUT2D eigenvalue weighted by Crippen LogP contribution is -2.40. The number of benzene rings is 3. The van der Waals surface area contributed by atoms with E-state index in [0.29, 0.717) is 6.54 Å². The van der Waals surface area contributed by atoms with Crippen molar-refractivity contribution < 1.29 is 4.79 Å². The Balaban J connectivity index is 1.36. The molecule has 34 heavy (non-hydrogen) atoms. The smallest absolute Gasteiger partial charge is 0.228 e. The Morgan fingerprint density at radius 3 is 2.74 bits per heavy atom. The summed E-state index contributed by atoms with van der Waals surface area (Å²) in [6.45, 7) is 6.56. The predicted molar refractivity (Wildman–Crippen MR) is 141 cm³/mol. The molecule has 2 heterocycles. The van der Waals surface area contributed by atoms with Crippen LogP contribution in [0.3, 0.4) is 0 Å². The van der Waals surface area contributed by atoms with Gasteiger partial charge in [-0.15, -0.1) is 0 Å². The summed E-state index contributed by atoms with van der Waals surface area (Å²) in [7, 11) is 0. The fourth-order valence-electron chi connectivity index (χ4n) is 4.76. The molecule has 0 spiro atoms. The van der Waals surface area contributed by atoms with Crippen LogP contribution in [-0.2, 0) is 11.3 Å². The largest absolute Gasteiger partial charge is 0.326 e. The quantitative estimate of drug-likeness (QED) is 0.340. The van der Waals surface area contributed by atoms with E-state index in [4.69, 9.17) is 4.98 Å². The molecule has 174 valence electrons. The average molecular weight is 517 g/mol. The third-order valence-electron chi connectivity index (χ3n) is 6.71. The highest BCUT2D eigenvalue weighted by Gasteiger charge is 2.27. The molecule has 1 N–H and O–H groups in total. The Bertz CT molecular complexity index is 1350. The van der Waals surface area contributed by atoms with Crippen LogP contribution >= 0.6 is 15.9 Å². The number of carbonyl (C=O) groups is 1. The van der Waals surface area contributed by atoms with Crippen molar-refractivity contribution in [3.8, 4) is 5.69 Å². The van der Waals surface area contributed by atoms with Crippen LogP contribution in [0.25, 0.3) is 16.7 Å². The molecule has 0 unspecified atom stereocenters. The number of nitrogens with zero attached hydrogens (tertiary/aromatic N) is 3. The van der Waals surface area contributed by atoms with Gasteiger partial charge in [-0.2, -0.15) is 0 Å². The number of carbonyl (C=O) groups excluding carboxylic acids is 1. The Morgan fingerprint density at radius 1 is 1.06 bits per heavy atom. The number of hydrogen-bond donors (Lipinski definition) is 1. The first-order valence-electron chi connectivity index (χ1n) is 11.8. The first kappa shape index (κ1) is 22.8. The van der Waals surface area contributed by atoms with E-state index in [2.05, 4.69) is 81.0 Å². The number of likely N-dealkylation sites (tertiary alicyclic amines) is 1. The minimum Gasteiger partial charge on any atom is -0.326 e. The second kappa shape index (κ2) is 9.72. The van der Waals surface area contributed by atoms with Crippen LogP contribution < -0.4 is 5.32 Å². The normalized spacial score (nSPS) is 16.6. The van der Waals surface area contributed by atoms with Crippen molar-refractivity contribution in [1.82, 2.24) is 14.5 Å². The zero-order chi connectivity index (χ0) is 23.7. The number of hydrogen-bond acceptors (Lipinski definition) is 3. The van der Waals surface area contributed by atoms with Gasteiger partial charge < -0.3 is 5.32 Å². The zero-order valence-corrected chi connectivity index (χ0v) is 21.2. The van der Waals surface area contributed by atoms with E-state index in [-0.39, 0.29) is 11.8 Å². The van der Waals surface area contributed by atoms with E-state index in [1.807, 2.05) is 30.3 Å². The van der Waals surface area contributed by atoms with E-state index in [9.17, 15) is 4.79 Å². The lowest BCUT2D eigenvalue weighted by atomic mass is 9.97. The molecule has 4 aromatic rings. The lowest BCUT2D eigenvalue weighted by molar-refractivity contribution is -0.121. The highest BCUT2D eigenvalue weighted by Crippen LogP contribution is 2.26. The fourth-order valence-corrected chi connectivity index (χ4v) is 5.15. The third-order valence-corrected chi connectivity index (χ3v) is 7.21. The topological polar surface area (TPSA) is 50.2 Å². The minimum atomic E-state index is -0.0287. The van der Waals surface area contributed by atoms with Crippen molar-refractivity contribution in [1.29, 1.82) is 0 Å². The molecule has 1 aliphatic rings. The Morgan fingerprint density at radius 2 is 1.91 bits per heavy atom. The van der Waals surface area contributed by atoms with Gasteiger partial charge in [0.2, 0.25) is 5.91 Å². The number of aromatic nitrogens is 2. The van der Waals surface area contributed by atoms with E-state index in [0.717, 1.165) is 58.6 Å². The van der Waals surface area contributed by atoms with Crippen LogP contribution in [0.1, 0.15) is 29.8 Å². The second-order valence-electron chi connectivity index (χ2n) is 9.19. The van der Waals surface area contributed by atoms with Gasteiger partial charge in [0, 0.05) is 22.4 Å². The van der Waals surface area contributed by atoms with Gasteiger partial charge in [0.25, 0.3) is 0 Å². The van der Waals surface area contributed by atoms with Crippen molar-refractivity contribution in [3.05, 3.63) is 88.2 Å². The monoisotopic (exact) mass is 516 g/mol. The number of para-hydroxylation sites is 2. The molecule has 0 aliphatic carbocycles. The van der Waals surface area contributed by atoms with Gasteiger partial charge in [-0.05, 0) is 86.8 Å². The van der Waals surface area contributed by atoms with Crippen LogP contribution in [0, 0.1) is 19.8 Å². The molecule has 0 saturated carbocycles. The maximum atomic E-state index is 13.1. The number of imidazole rings is 1. The number of amides is 1. The molecule has 1 aromatic heterocycles. The molecule has 3 aromatic carbocycles. The highest BCUT2D eigenvalue weighted by atomic mass is 79.9. The minimum absolute atomic E-state index is 0.0287. The van der Waals surface area contributed by atoms with Crippen molar-refractivity contribution >= 4 is 38.6 Å². The maximum absolute atomic E-state index is 13.1. The number of aryl methyl sites for hydroxylation is 2. The predicted octanol–water partition coefficient (Wildman–Crippen LogP) is 6.26. The molecule has 1 fully saturated rings.